The lowest BCUT2D eigenvalue weighted by molar-refractivity contribution is 0.179. The van der Waals surface area contributed by atoms with E-state index in [0.29, 0.717) is 17.3 Å². The van der Waals surface area contributed by atoms with Crippen LogP contribution in [0.15, 0.2) is 47.9 Å². The second-order valence-corrected chi connectivity index (χ2v) is 9.94. The topological polar surface area (TPSA) is 72.0 Å². The zero-order valence-electron chi connectivity index (χ0n) is 18.8. The van der Waals surface area contributed by atoms with E-state index in [0.717, 1.165) is 53.8 Å². The number of rotatable bonds is 7. The summed E-state index contributed by atoms with van der Waals surface area (Å²) < 4.78 is 4.03. The van der Waals surface area contributed by atoms with Crippen molar-refractivity contribution in [1.29, 1.82) is 0 Å². The van der Waals surface area contributed by atoms with Crippen molar-refractivity contribution in [2.24, 2.45) is 0 Å². The summed E-state index contributed by atoms with van der Waals surface area (Å²) in [7, 11) is 0. The lowest BCUT2D eigenvalue weighted by atomic mass is 10.1. The minimum atomic E-state index is -0.569. The minimum absolute atomic E-state index is 0.464. The van der Waals surface area contributed by atoms with E-state index in [1.165, 1.54) is 22.9 Å². The van der Waals surface area contributed by atoms with Crippen molar-refractivity contribution in [1.82, 2.24) is 24.3 Å². The van der Waals surface area contributed by atoms with Gasteiger partial charge < -0.3 is 14.6 Å². The monoisotopic (exact) mass is 482 g/mol. The maximum absolute atomic E-state index is 10.8. The summed E-state index contributed by atoms with van der Waals surface area (Å²) in [5, 5.41) is 21.2. The van der Waals surface area contributed by atoms with E-state index in [-0.39, 0.29) is 0 Å². The van der Waals surface area contributed by atoms with Gasteiger partial charge in [-0.25, -0.2) is 4.98 Å². The van der Waals surface area contributed by atoms with Crippen molar-refractivity contribution in [3.63, 3.8) is 0 Å². The Bertz CT molecular complexity index is 1280. The number of imidazole rings is 1. The molecule has 0 saturated carbocycles. The van der Waals surface area contributed by atoms with Crippen LogP contribution >= 0.6 is 23.4 Å². The molecule has 33 heavy (non-hydrogen) atoms. The third kappa shape index (κ3) is 4.47. The van der Waals surface area contributed by atoms with Crippen LogP contribution in [-0.2, 0) is 6.54 Å². The molecule has 1 saturated heterocycles. The van der Waals surface area contributed by atoms with Crippen molar-refractivity contribution >= 4 is 40.3 Å². The number of fused-ring (bicyclic) bond motifs is 1. The van der Waals surface area contributed by atoms with E-state index >= 15 is 0 Å². The fourth-order valence-corrected chi connectivity index (χ4v) is 5.31. The first-order valence-electron chi connectivity index (χ1n) is 11.2. The number of halogens is 1. The number of aliphatic hydroxyl groups is 1. The molecule has 0 bridgehead atoms. The summed E-state index contributed by atoms with van der Waals surface area (Å²) in [6, 6.07) is 12.0. The lowest BCUT2D eigenvalue weighted by Gasteiger charge is -2.19. The molecular formula is C24H27ClN6OS. The highest BCUT2D eigenvalue weighted by Gasteiger charge is 2.24. The van der Waals surface area contributed by atoms with E-state index in [1.54, 1.807) is 6.33 Å². The number of hydrogen-bond donors (Lipinski definition) is 1. The van der Waals surface area contributed by atoms with Gasteiger partial charge in [-0.3, -0.25) is 4.57 Å². The predicted octanol–water partition coefficient (Wildman–Crippen LogP) is 4.64. The van der Waals surface area contributed by atoms with E-state index in [4.69, 9.17) is 11.6 Å². The van der Waals surface area contributed by atoms with Crippen LogP contribution in [-0.4, -0.2) is 54.4 Å². The molecule has 0 amide bonds. The van der Waals surface area contributed by atoms with Gasteiger partial charge in [0, 0.05) is 18.8 Å². The van der Waals surface area contributed by atoms with Crippen LogP contribution in [0.5, 0.6) is 0 Å². The molecule has 1 atom stereocenters. The van der Waals surface area contributed by atoms with Gasteiger partial charge in [0.25, 0.3) is 0 Å². The van der Waals surface area contributed by atoms with Crippen LogP contribution in [0.25, 0.3) is 16.7 Å². The molecule has 1 unspecified atom stereocenters. The van der Waals surface area contributed by atoms with E-state index in [2.05, 4.69) is 46.1 Å². The zero-order chi connectivity index (χ0) is 22.9. The SMILES string of the molecule is Cc1cc2ncn(CC(O)CSc3nnc(N4CCCC4)n3-c3ccccc3Cl)c2cc1C. The Hall–Kier alpha value is -2.55. The van der Waals surface area contributed by atoms with Crippen LogP contribution in [0.2, 0.25) is 5.02 Å². The first-order valence-corrected chi connectivity index (χ1v) is 12.6. The third-order valence-electron chi connectivity index (χ3n) is 6.15. The Labute approximate surface area is 202 Å². The Kier molecular flexibility index (Phi) is 6.32. The highest BCUT2D eigenvalue weighted by molar-refractivity contribution is 7.99. The third-order valence-corrected chi connectivity index (χ3v) is 7.54. The molecule has 1 aliphatic heterocycles. The molecular weight excluding hydrogens is 456 g/mol. The largest absolute Gasteiger partial charge is 0.390 e. The maximum Gasteiger partial charge on any atom is 0.232 e. The second kappa shape index (κ2) is 9.37. The van der Waals surface area contributed by atoms with Gasteiger partial charge in [-0.2, -0.15) is 0 Å². The highest BCUT2D eigenvalue weighted by atomic mass is 35.5. The number of aryl methyl sites for hydroxylation is 2. The normalized spacial score (nSPS) is 15.0. The second-order valence-electron chi connectivity index (χ2n) is 8.55. The molecule has 1 aliphatic rings. The van der Waals surface area contributed by atoms with Gasteiger partial charge >= 0.3 is 0 Å². The number of hydrogen-bond acceptors (Lipinski definition) is 6. The maximum atomic E-state index is 10.8. The number of benzene rings is 2. The summed E-state index contributed by atoms with van der Waals surface area (Å²) in [5.74, 6) is 1.29. The molecule has 9 heteroatoms. The molecule has 2 aromatic heterocycles. The average Bonchev–Trinajstić information content (AvgIpc) is 3.54. The highest BCUT2D eigenvalue weighted by Crippen LogP contribution is 2.32. The fourth-order valence-electron chi connectivity index (χ4n) is 4.23. The van der Waals surface area contributed by atoms with Crippen LogP contribution in [0.1, 0.15) is 24.0 Å². The molecule has 1 N–H and O–H groups in total. The number of aromatic nitrogens is 5. The first-order chi connectivity index (χ1) is 16.0. The van der Waals surface area contributed by atoms with Crippen molar-refractivity contribution in [3.05, 3.63) is 58.9 Å². The van der Waals surface area contributed by atoms with Gasteiger partial charge in [0.1, 0.15) is 0 Å². The molecule has 5 rings (SSSR count). The molecule has 2 aromatic carbocycles. The molecule has 0 spiro atoms. The zero-order valence-corrected chi connectivity index (χ0v) is 20.4. The lowest BCUT2D eigenvalue weighted by Crippen LogP contribution is -2.22. The van der Waals surface area contributed by atoms with E-state index in [1.807, 2.05) is 33.4 Å². The number of nitrogens with zero attached hydrogens (tertiary/aromatic N) is 6. The van der Waals surface area contributed by atoms with E-state index < -0.39 is 6.10 Å². The molecule has 4 aromatic rings. The van der Waals surface area contributed by atoms with Gasteiger partial charge in [-0.1, -0.05) is 35.5 Å². The van der Waals surface area contributed by atoms with Gasteiger partial charge in [-0.15, -0.1) is 10.2 Å². The van der Waals surface area contributed by atoms with Gasteiger partial charge in [-0.05, 0) is 62.1 Å². The van der Waals surface area contributed by atoms with Crippen LogP contribution in [0, 0.1) is 13.8 Å². The predicted molar refractivity (Wildman–Crippen MR) is 134 cm³/mol. The molecule has 1 fully saturated rings. The summed E-state index contributed by atoms with van der Waals surface area (Å²) in [5.41, 5.74) is 5.28. The van der Waals surface area contributed by atoms with Crippen molar-refractivity contribution < 1.29 is 5.11 Å². The Morgan fingerprint density at radius 2 is 1.85 bits per heavy atom. The van der Waals surface area contributed by atoms with Gasteiger partial charge in [0.05, 0.1) is 40.7 Å². The Balaban J connectivity index is 1.36. The Morgan fingerprint density at radius 3 is 2.64 bits per heavy atom. The number of thioether (sulfide) groups is 1. The molecule has 3 heterocycles. The average molecular weight is 483 g/mol. The molecule has 172 valence electrons. The molecule has 0 radical (unpaired) electrons. The van der Waals surface area contributed by atoms with E-state index in [9.17, 15) is 5.11 Å². The summed E-state index contributed by atoms with van der Waals surface area (Å²) >= 11 is 8.03. The number of para-hydroxylation sites is 1. The number of anilines is 1. The van der Waals surface area contributed by atoms with Gasteiger partial charge in [0.15, 0.2) is 5.16 Å². The fraction of sp³-hybridized carbons (Fsp3) is 0.375. The Morgan fingerprint density at radius 1 is 1.09 bits per heavy atom. The van der Waals surface area contributed by atoms with Crippen LogP contribution in [0.4, 0.5) is 5.95 Å². The van der Waals surface area contributed by atoms with Crippen LogP contribution in [0.3, 0.4) is 0 Å². The smallest absolute Gasteiger partial charge is 0.232 e. The van der Waals surface area contributed by atoms with Crippen molar-refractivity contribution in [3.8, 4) is 5.69 Å². The molecule has 7 nitrogen and oxygen atoms in total. The summed E-state index contributed by atoms with van der Waals surface area (Å²) in [4.78, 5) is 6.75. The minimum Gasteiger partial charge on any atom is -0.390 e. The summed E-state index contributed by atoms with van der Waals surface area (Å²) in [6.45, 7) is 6.57. The molecule has 0 aliphatic carbocycles. The summed E-state index contributed by atoms with van der Waals surface area (Å²) in [6.07, 6.45) is 3.53. The van der Waals surface area contributed by atoms with Crippen LogP contribution < -0.4 is 4.90 Å². The van der Waals surface area contributed by atoms with Crippen molar-refractivity contribution in [2.45, 2.75) is 44.5 Å². The number of aliphatic hydroxyl groups excluding tert-OH is 1. The van der Waals surface area contributed by atoms with Crippen molar-refractivity contribution in [2.75, 3.05) is 23.7 Å². The first kappa shape index (κ1) is 22.3. The quantitative estimate of drug-likeness (QED) is 0.387. The standard InChI is InChI=1S/C24H27ClN6OS/c1-16-11-20-22(12-17(16)2)30(15-26-20)13-18(32)14-33-24-28-27-23(29-9-5-6-10-29)31(24)21-8-4-3-7-19(21)25/h3-4,7-8,11-12,15,18,32H,5-6,9-10,13-14H2,1-2H3. The van der Waals surface area contributed by atoms with Gasteiger partial charge in [0.2, 0.25) is 5.95 Å².